The van der Waals surface area contributed by atoms with Crippen LogP contribution >= 0.6 is 0 Å². The summed E-state index contributed by atoms with van der Waals surface area (Å²) in [4.78, 5) is 24.7. The van der Waals surface area contributed by atoms with E-state index in [0.717, 1.165) is 6.42 Å². The molecule has 1 heterocycles. The molecule has 0 aromatic heterocycles. The van der Waals surface area contributed by atoms with Gasteiger partial charge in [0.05, 0.1) is 0 Å². The van der Waals surface area contributed by atoms with Gasteiger partial charge in [0.2, 0.25) is 0 Å². The Hall–Kier alpha value is -1.10. The number of carbonyl (C=O) groups is 2. The number of aliphatic carboxylic acids is 1. The van der Waals surface area contributed by atoms with E-state index in [1.54, 1.807) is 0 Å². The molecule has 0 aromatic carbocycles. The molecule has 102 valence electrons. The summed E-state index contributed by atoms with van der Waals surface area (Å²) in [6.45, 7) is 6.32. The van der Waals surface area contributed by atoms with Gasteiger partial charge in [0.25, 0.3) is 5.91 Å². The van der Waals surface area contributed by atoms with Crippen molar-refractivity contribution in [2.45, 2.75) is 45.8 Å². The second kappa shape index (κ2) is 4.23. The molecule has 2 rings (SSSR count). The van der Waals surface area contributed by atoms with Gasteiger partial charge in [-0.3, -0.25) is 4.79 Å². The minimum Gasteiger partial charge on any atom is -0.480 e. The van der Waals surface area contributed by atoms with Crippen molar-refractivity contribution in [3.8, 4) is 0 Å². The molecule has 1 saturated heterocycles. The highest BCUT2D eigenvalue weighted by Gasteiger charge is 2.57. The van der Waals surface area contributed by atoms with Crippen molar-refractivity contribution >= 4 is 11.9 Å². The standard InChI is InChI=1S/C13H21NO4/c1-13(2,3)5-9(15)11(16)14-6-7-4-8(7)10(14)12(17)18/h7-10,15H,4-6H2,1-3H3,(H,17,18)/t7-,8-,9+,10-/m0/s1. The summed E-state index contributed by atoms with van der Waals surface area (Å²) in [5, 5.41) is 19.1. The zero-order valence-electron chi connectivity index (χ0n) is 11.1. The van der Waals surface area contributed by atoms with Crippen LogP contribution < -0.4 is 0 Å². The number of fused-ring (bicyclic) bond motifs is 1. The van der Waals surface area contributed by atoms with Gasteiger partial charge in [-0.2, -0.15) is 0 Å². The van der Waals surface area contributed by atoms with Crippen LogP contribution in [-0.4, -0.2) is 45.7 Å². The maximum Gasteiger partial charge on any atom is 0.326 e. The van der Waals surface area contributed by atoms with Gasteiger partial charge in [-0.05, 0) is 30.1 Å². The van der Waals surface area contributed by atoms with Crippen molar-refractivity contribution in [1.82, 2.24) is 4.90 Å². The summed E-state index contributed by atoms with van der Waals surface area (Å²) in [5.41, 5.74) is -0.156. The van der Waals surface area contributed by atoms with E-state index in [0.29, 0.717) is 18.9 Å². The smallest absolute Gasteiger partial charge is 0.326 e. The Morgan fingerprint density at radius 2 is 2.00 bits per heavy atom. The van der Waals surface area contributed by atoms with Gasteiger partial charge in [-0.1, -0.05) is 20.8 Å². The number of amides is 1. The fourth-order valence-corrected chi connectivity index (χ4v) is 2.87. The number of rotatable bonds is 3. The highest BCUT2D eigenvalue weighted by atomic mass is 16.4. The predicted molar refractivity (Wildman–Crippen MR) is 64.8 cm³/mol. The molecule has 1 aliphatic heterocycles. The Balaban J connectivity index is 2.03. The molecule has 1 saturated carbocycles. The molecule has 4 atom stereocenters. The van der Waals surface area contributed by atoms with Gasteiger partial charge in [-0.15, -0.1) is 0 Å². The summed E-state index contributed by atoms with van der Waals surface area (Å²) < 4.78 is 0. The molecule has 0 aromatic rings. The average Bonchev–Trinajstić information content (AvgIpc) is 2.84. The van der Waals surface area contributed by atoms with Crippen molar-refractivity contribution < 1.29 is 19.8 Å². The molecule has 18 heavy (non-hydrogen) atoms. The van der Waals surface area contributed by atoms with Crippen LogP contribution in [0.1, 0.15) is 33.6 Å². The first kappa shape index (κ1) is 13.3. The molecule has 5 heteroatoms. The topological polar surface area (TPSA) is 77.8 Å². The lowest BCUT2D eigenvalue weighted by atomic mass is 9.88. The van der Waals surface area contributed by atoms with Crippen LogP contribution in [0.3, 0.4) is 0 Å². The fraction of sp³-hybridized carbons (Fsp3) is 0.846. The van der Waals surface area contributed by atoms with Crippen molar-refractivity contribution in [3.05, 3.63) is 0 Å². The monoisotopic (exact) mass is 255 g/mol. The molecule has 0 spiro atoms. The van der Waals surface area contributed by atoms with E-state index in [2.05, 4.69) is 0 Å². The number of carboxylic acids is 1. The largest absolute Gasteiger partial charge is 0.480 e. The SMILES string of the molecule is CC(C)(C)C[C@@H](O)C(=O)N1C[C@@H]2C[C@@H]2[C@H]1C(=O)O. The predicted octanol–water partition coefficient (Wildman–Crippen LogP) is 0.715. The number of piperidine rings is 1. The highest BCUT2D eigenvalue weighted by Crippen LogP contribution is 2.49. The minimum absolute atomic E-state index is 0.105. The normalized spacial score (nSPS) is 32.0. The highest BCUT2D eigenvalue weighted by molar-refractivity contribution is 5.87. The molecule has 2 aliphatic rings. The minimum atomic E-state index is -1.09. The number of likely N-dealkylation sites (tertiary alicyclic amines) is 1. The number of aliphatic hydroxyl groups excluding tert-OH is 1. The molecule has 0 bridgehead atoms. The molecule has 0 radical (unpaired) electrons. The molecule has 1 amide bonds. The van der Waals surface area contributed by atoms with E-state index in [9.17, 15) is 14.7 Å². The Bertz CT molecular complexity index is 374. The van der Waals surface area contributed by atoms with E-state index in [4.69, 9.17) is 5.11 Å². The van der Waals surface area contributed by atoms with Crippen molar-refractivity contribution in [2.24, 2.45) is 17.3 Å². The van der Waals surface area contributed by atoms with Gasteiger partial charge in [0.1, 0.15) is 12.1 Å². The lowest BCUT2D eigenvalue weighted by molar-refractivity contribution is -0.154. The number of carbonyl (C=O) groups excluding carboxylic acids is 1. The molecule has 0 unspecified atom stereocenters. The summed E-state index contributed by atoms with van der Waals surface area (Å²) in [6, 6.07) is -0.725. The summed E-state index contributed by atoms with van der Waals surface area (Å²) in [6.07, 6.45) is 0.157. The lowest BCUT2D eigenvalue weighted by Crippen LogP contribution is -2.48. The first-order chi connectivity index (χ1) is 8.20. The third-order valence-electron chi connectivity index (χ3n) is 3.78. The maximum atomic E-state index is 12.1. The van der Waals surface area contributed by atoms with Gasteiger partial charge in [0, 0.05) is 6.54 Å². The Morgan fingerprint density at radius 3 is 2.50 bits per heavy atom. The first-order valence-electron chi connectivity index (χ1n) is 6.42. The van der Waals surface area contributed by atoms with Gasteiger partial charge >= 0.3 is 5.97 Å². The van der Waals surface area contributed by atoms with E-state index in [1.165, 1.54) is 4.90 Å². The third kappa shape index (κ3) is 2.51. The zero-order chi connectivity index (χ0) is 13.7. The van der Waals surface area contributed by atoms with Crippen LogP contribution in [0.2, 0.25) is 0 Å². The zero-order valence-corrected chi connectivity index (χ0v) is 11.1. The van der Waals surface area contributed by atoms with Crippen LogP contribution in [0.15, 0.2) is 0 Å². The number of hydrogen-bond acceptors (Lipinski definition) is 3. The van der Waals surface area contributed by atoms with Crippen LogP contribution in [0.5, 0.6) is 0 Å². The maximum absolute atomic E-state index is 12.1. The van der Waals surface area contributed by atoms with Crippen LogP contribution in [0.25, 0.3) is 0 Å². The molecule has 1 aliphatic carbocycles. The number of hydrogen-bond donors (Lipinski definition) is 2. The van der Waals surface area contributed by atoms with Crippen LogP contribution in [0, 0.1) is 17.3 Å². The van der Waals surface area contributed by atoms with Crippen LogP contribution in [0.4, 0.5) is 0 Å². The van der Waals surface area contributed by atoms with E-state index >= 15 is 0 Å². The van der Waals surface area contributed by atoms with Crippen molar-refractivity contribution in [2.75, 3.05) is 6.54 Å². The number of carboxylic acid groups (broad SMARTS) is 1. The summed E-state index contributed by atoms with van der Waals surface area (Å²) in [5.74, 6) is -0.939. The quantitative estimate of drug-likeness (QED) is 0.778. The Morgan fingerprint density at radius 1 is 1.39 bits per heavy atom. The van der Waals surface area contributed by atoms with E-state index < -0.39 is 24.0 Å². The number of aliphatic hydroxyl groups is 1. The molecule has 2 N–H and O–H groups in total. The second-order valence-electron chi connectivity index (χ2n) is 6.71. The van der Waals surface area contributed by atoms with Gasteiger partial charge in [0.15, 0.2) is 0 Å². The first-order valence-corrected chi connectivity index (χ1v) is 6.42. The molecule has 2 fully saturated rings. The van der Waals surface area contributed by atoms with Gasteiger partial charge < -0.3 is 15.1 Å². The van der Waals surface area contributed by atoms with E-state index in [1.807, 2.05) is 20.8 Å². The molecular weight excluding hydrogens is 234 g/mol. The summed E-state index contributed by atoms with van der Waals surface area (Å²) >= 11 is 0. The molecular formula is C13H21NO4. The molecule has 5 nitrogen and oxygen atoms in total. The van der Waals surface area contributed by atoms with Crippen molar-refractivity contribution in [1.29, 1.82) is 0 Å². The van der Waals surface area contributed by atoms with Crippen LogP contribution in [-0.2, 0) is 9.59 Å². The Kier molecular flexibility index (Phi) is 3.13. The third-order valence-corrected chi connectivity index (χ3v) is 3.78. The summed E-state index contributed by atoms with van der Waals surface area (Å²) in [7, 11) is 0. The number of nitrogens with zero attached hydrogens (tertiary/aromatic N) is 1. The average molecular weight is 255 g/mol. The van der Waals surface area contributed by atoms with Crippen molar-refractivity contribution in [3.63, 3.8) is 0 Å². The Labute approximate surface area is 107 Å². The second-order valence-corrected chi connectivity index (χ2v) is 6.71. The van der Waals surface area contributed by atoms with E-state index in [-0.39, 0.29) is 11.3 Å². The lowest BCUT2D eigenvalue weighted by Gasteiger charge is -2.29. The fourth-order valence-electron chi connectivity index (χ4n) is 2.87. The van der Waals surface area contributed by atoms with Gasteiger partial charge in [-0.25, -0.2) is 4.79 Å².